The number of hydrogen-bond donors (Lipinski definition) is 1. The van der Waals surface area contributed by atoms with Crippen molar-refractivity contribution in [3.05, 3.63) is 70.3 Å². The van der Waals surface area contributed by atoms with E-state index in [2.05, 4.69) is 15.6 Å². The Morgan fingerprint density at radius 1 is 1.14 bits per heavy atom. The summed E-state index contributed by atoms with van der Waals surface area (Å²) in [7, 11) is 0. The number of rotatable bonds is 6. The van der Waals surface area contributed by atoms with Gasteiger partial charge in [-0.15, -0.1) is 5.10 Å². The number of aromatic nitrogens is 3. The second-order valence-electron chi connectivity index (χ2n) is 7.53. The molecule has 3 aromatic rings. The summed E-state index contributed by atoms with van der Waals surface area (Å²) >= 11 is 0. The Balaban J connectivity index is 1.46. The average Bonchev–Trinajstić information content (AvgIpc) is 3.27. The van der Waals surface area contributed by atoms with Crippen molar-refractivity contribution in [3.8, 4) is 0 Å². The summed E-state index contributed by atoms with van der Waals surface area (Å²) in [5.74, 6) is -0.111. The van der Waals surface area contributed by atoms with Crippen LogP contribution in [-0.2, 0) is 11.3 Å². The number of carbonyl (C=O) groups is 1. The zero-order chi connectivity index (χ0) is 20.2. The molecule has 1 fully saturated rings. The highest BCUT2D eigenvalue weighted by Gasteiger charge is 2.27. The van der Waals surface area contributed by atoms with Gasteiger partial charge in [0.15, 0.2) is 0 Å². The molecule has 150 valence electrons. The number of aryl methyl sites for hydroxylation is 1. The first-order chi connectivity index (χ1) is 14.1. The summed E-state index contributed by atoms with van der Waals surface area (Å²) in [5, 5.41) is 11.6. The first kappa shape index (κ1) is 19.2. The minimum Gasteiger partial charge on any atom is -0.349 e. The Morgan fingerprint density at radius 3 is 2.62 bits per heavy atom. The molecule has 0 radical (unpaired) electrons. The zero-order valence-corrected chi connectivity index (χ0v) is 16.1. The van der Waals surface area contributed by atoms with Crippen molar-refractivity contribution >= 4 is 16.8 Å². The van der Waals surface area contributed by atoms with E-state index in [0.29, 0.717) is 16.8 Å². The van der Waals surface area contributed by atoms with Crippen molar-refractivity contribution < 1.29 is 9.18 Å². The summed E-state index contributed by atoms with van der Waals surface area (Å²) in [6, 6.07) is 13.2. The fourth-order valence-corrected chi connectivity index (χ4v) is 4.06. The maximum absolute atomic E-state index is 13.3. The van der Waals surface area contributed by atoms with Crippen molar-refractivity contribution in [1.29, 1.82) is 0 Å². The topological polar surface area (TPSA) is 76.9 Å². The van der Waals surface area contributed by atoms with E-state index in [-0.39, 0.29) is 36.3 Å². The maximum atomic E-state index is 13.3. The molecular weight excluding hydrogens is 371 g/mol. The highest BCUT2D eigenvalue weighted by Crippen LogP contribution is 2.35. The number of fused-ring (bicyclic) bond motifs is 1. The van der Waals surface area contributed by atoms with Crippen LogP contribution in [0.25, 0.3) is 10.9 Å². The van der Waals surface area contributed by atoms with Crippen LogP contribution >= 0.6 is 0 Å². The number of benzene rings is 2. The number of hydrogen-bond acceptors (Lipinski definition) is 4. The third-order valence-electron chi connectivity index (χ3n) is 5.60. The lowest BCUT2D eigenvalue weighted by Gasteiger charge is -2.25. The predicted octanol–water partition coefficient (Wildman–Crippen LogP) is 3.37. The number of halogens is 1. The van der Waals surface area contributed by atoms with Crippen LogP contribution in [-0.4, -0.2) is 20.9 Å². The molecular formula is C22H23FN4O2. The van der Waals surface area contributed by atoms with Gasteiger partial charge in [0.05, 0.1) is 18.0 Å². The van der Waals surface area contributed by atoms with Gasteiger partial charge in [-0.05, 0) is 48.6 Å². The van der Waals surface area contributed by atoms with Crippen LogP contribution in [0.1, 0.15) is 43.7 Å². The van der Waals surface area contributed by atoms with Crippen LogP contribution in [0.15, 0.2) is 53.3 Å². The van der Waals surface area contributed by atoms with Gasteiger partial charge in [-0.3, -0.25) is 9.59 Å². The molecule has 0 spiro atoms. The number of carbonyl (C=O) groups excluding carboxylic acids is 1. The van der Waals surface area contributed by atoms with E-state index < -0.39 is 0 Å². The molecule has 1 amide bonds. The van der Waals surface area contributed by atoms with Crippen molar-refractivity contribution in [3.63, 3.8) is 0 Å². The molecule has 0 saturated heterocycles. The highest BCUT2D eigenvalue weighted by molar-refractivity contribution is 5.77. The number of nitrogens with zero attached hydrogens (tertiary/aromatic N) is 3. The van der Waals surface area contributed by atoms with E-state index in [1.54, 1.807) is 36.4 Å². The molecule has 1 heterocycles. The van der Waals surface area contributed by atoms with Crippen molar-refractivity contribution in [1.82, 2.24) is 20.3 Å². The largest absolute Gasteiger partial charge is 0.349 e. The van der Waals surface area contributed by atoms with Crippen LogP contribution in [0.5, 0.6) is 0 Å². The summed E-state index contributed by atoms with van der Waals surface area (Å²) in [6.45, 7) is 0.156. The van der Waals surface area contributed by atoms with Crippen LogP contribution in [0.3, 0.4) is 0 Å². The molecule has 4 rings (SSSR count). The molecule has 2 aromatic carbocycles. The van der Waals surface area contributed by atoms with E-state index in [9.17, 15) is 14.0 Å². The van der Waals surface area contributed by atoms with Gasteiger partial charge in [-0.1, -0.05) is 42.3 Å². The van der Waals surface area contributed by atoms with Crippen LogP contribution in [0, 0.1) is 11.7 Å². The Labute approximate surface area is 167 Å². The second kappa shape index (κ2) is 8.51. The lowest BCUT2D eigenvalue weighted by atomic mass is 9.91. The first-order valence-electron chi connectivity index (χ1n) is 9.99. The molecule has 29 heavy (non-hydrogen) atoms. The smallest absolute Gasteiger partial charge is 0.277 e. The third-order valence-corrected chi connectivity index (χ3v) is 5.60. The number of amides is 1. The van der Waals surface area contributed by atoms with Gasteiger partial charge >= 0.3 is 0 Å². The monoisotopic (exact) mass is 394 g/mol. The van der Waals surface area contributed by atoms with E-state index in [0.717, 1.165) is 31.2 Å². The van der Waals surface area contributed by atoms with Gasteiger partial charge in [-0.2, -0.15) is 0 Å². The van der Waals surface area contributed by atoms with Gasteiger partial charge in [-0.25, -0.2) is 9.07 Å². The number of nitrogens with one attached hydrogen (secondary N) is 1. The second-order valence-corrected chi connectivity index (χ2v) is 7.53. The molecule has 0 bridgehead atoms. The summed E-state index contributed by atoms with van der Waals surface area (Å²) < 4.78 is 14.5. The van der Waals surface area contributed by atoms with E-state index in [1.807, 2.05) is 0 Å². The maximum Gasteiger partial charge on any atom is 0.277 e. The fourth-order valence-electron chi connectivity index (χ4n) is 4.06. The third kappa shape index (κ3) is 4.34. The van der Waals surface area contributed by atoms with Crippen LogP contribution < -0.4 is 10.9 Å². The Kier molecular flexibility index (Phi) is 5.64. The lowest BCUT2D eigenvalue weighted by Crippen LogP contribution is -2.34. The quantitative estimate of drug-likeness (QED) is 0.695. The van der Waals surface area contributed by atoms with Gasteiger partial charge in [0.25, 0.3) is 5.56 Å². The zero-order valence-electron chi connectivity index (χ0n) is 16.1. The van der Waals surface area contributed by atoms with Crippen LogP contribution in [0.4, 0.5) is 4.39 Å². The molecule has 1 N–H and O–H groups in total. The summed E-state index contributed by atoms with van der Waals surface area (Å²) in [6.07, 6.45) is 4.48. The van der Waals surface area contributed by atoms with E-state index in [1.165, 1.54) is 16.8 Å². The van der Waals surface area contributed by atoms with Gasteiger partial charge in [0.1, 0.15) is 11.3 Å². The molecule has 6 nitrogen and oxygen atoms in total. The standard InChI is InChI=1S/C22H23FN4O2/c23-17-11-9-16(10-12-17)21(15-5-1-2-6-15)24-20(28)13-14-27-22(29)18-7-3-4-8-19(18)25-26-27/h3-4,7-12,15,21H,1-2,5-6,13-14H2,(H,24,28). The van der Waals surface area contributed by atoms with Crippen molar-refractivity contribution in [2.45, 2.75) is 44.7 Å². The fraction of sp³-hybridized carbons (Fsp3) is 0.364. The Morgan fingerprint density at radius 2 is 1.86 bits per heavy atom. The Hall–Kier alpha value is -3.09. The van der Waals surface area contributed by atoms with E-state index >= 15 is 0 Å². The molecule has 1 saturated carbocycles. The molecule has 7 heteroatoms. The van der Waals surface area contributed by atoms with Crippen molar-refractivity contribution in [2.75, 3.05) is 0 Å². The SMILES string of the molecule is O=C(CCn1nnc2ccccc2c1=O)NC(c1ccc(F)cc1)C1CCCC1. The van der Waals surface area contributed by atoms with E-state index in [4.69, 9.17) is 0 Å². The molecule has 1 atom stereocenters. The van der Waals surface area contributed by atoms with Gasteiger partial charge < -0.3 is 5.32 Å². The normalized spacial score (nSPS) is 15.5. The minimum absolute atomic E-state index is 0.122. The molecule has 1 aromatic heterocycles. The summed E-state index contributed by atoms with van der Waals surface area (Å²) in [5.41, 5.74) is 1.19. The Bertz CT molecular complexity index is 1060. The molecule has 1 aliphatic carbocycles. The summed E-state index contributed by atoms with van der Waals surface area (Å²) in [4.78, 5) is 25.2. The van der Waals surface area contributed by atoms with Crippen LogP contribution in [0.2, 0.25) is 0 Å². The van der Waals surface area contributed by atoms with Crippen molar-refractivity contribution in [2.24, 2.45) is 5.92 Å². The predicted molar refractivity (Wildman–Crippen MR) is 108 cm³/mol. The average molecular weight is 394 g/mol. The van der Waals surface area contributed by atoms with Gasteiger partial charge in [0.2, 0.25) is 5.91 Å². The highest BCUT2D eigenvalue weighted by atomic mass is 19.1. The first-order valence-corrected chi connectivity index (χ1v) is 9.99. The van der Waals surface area contributed by atoms with Gasteiger partial charge in [0, 0.05) is 6.42 Å². The molecule has 0 aliphatic heterocycles. The minimum atomic E-state index is -0.292. The molecule has 1 aliphatic rings. The lowest BCUT2D eigenvalue weighted by molar-refractivity contribution is -0.122. The molecule has 1 unspecified atom stereocenters.